The summed E-state index contributed by atoms with van der Waals surface area (Å²) in [5.74, 6) is 0.0353. The quantitative estimate of drug-likeness (QED) is 0.744. The van der Waals surface area contributed by atoms with Gasteiger partial charge in [-0.3, -0.25) is 0 Å². The molecular formula is C10H11FO3S. The average molecular weight is 230 g/mol. The Morgan fingerprint density at radius 2 is 2.00 bits per heavy atom. The summed E-state index contributed by atoms with van der Waals surface area (Å²) in [7, 11) is -3.55. The fourth-order valence-corrected chi connectivity index (χ4v) is 1.99. The van der Waals surface area contributed by atoms with E-state index in [2.05, 4.69) is 0 Å². The predicted octanol–water partition coefficient (Wildman–Crippen LogP) is 1.85. The molecular weight excluding hydrogens is 219 g/mol. The summed E-state index contributed by atoms with van der Waals surface area (Å²) in [6.45, 7) is 0. The van der Waals surface area contributed by atoms with E-state index in [9.17, 15) is 12.8 Å². The van der Waals surface area contributed by atoms with Crippen molar-refractivity contribution in [3.8, 4) is 5.75 Å². The highest BCUT2D eigenvalue weighted by molar-refractivity contribution is 7.86. The van der Waals surface area contributed by atoms with E-state index in [0.29, 0.717) is 12.0 Å². The van der Waals surface area contributed by atoms with Crippen molar-refractivity contribution in [2.45, 2.75) is 18.5 Å². The molecule has 1 aromatic rings. The van der Waals surface area contributed by atoms with E-state index in [4.69, 9.17) is 4.18 Å². The van der Waals surface area contributed by atoms with E-state index in [0.717, 1.165) is 6.26 Å². The molecule has 2 rings (SSSR count). The smallest absolute Gasteiger partial charge is 0.306 e. The van der Waals surface area contributed by atoms with Gasteiger partial charge in [0.25, 0.3) is 0 Å². The van der Waals surface area contributed by atoms with Crippen molar-refractivity contribution in [1.82, 2.24) is 0 Å². The molecule has 1 aromatic carbocycles. The Hall–Kier alpha value is -1.10. The summed E-state index contributed by atoms with van der Waals surface area (Å²) in [4.78, 5) is 0. The molecule has 2 unspecified atom stereocenters. The van der Waals surface area contributed by atoms with Gasteiger partial charge >= 0.3 is 10.1 Å². The highest BCUT2D eigenvalue weighted by Crippen LogP contribution is 2.46. The van der Waals surface area contributed by atoms with Gasteiger partial charge in [-0.1, -0.05) is 18.2 Å². The van der Waals surface area contributed by atoms with Gasteiger partial charge in [0.2, 0.25) is 0 Å². The molecule has 15 heavy (non-hydrogen) atoms. The molecule has 0 N–H and O–H groups in total. The van der Waals surface area contributed by atoms with Crippen LogP contribution in [0.5, 0.6) is 5.75 Å². The van der Waals surface area contributed by atoms with Crippen LogP contribution in [0.2, 0.25) is 0 Å². The maximum absolute atomic E-state index is 12.9. The first-order chi connectivity index (χ1) is 6.97. The first kappa shape index (κ1) is 10.4. The van der Waals surface area contributed by atoms with E-state index >= 15 is 0 Å². The molecule has 0 heterocycles. The fraction of sp³-hybridized carbons (Fsp3) is 0.400. The molecule has 3 nitrogen and oxygen atoms in total. The van der Waals surface area contributed by atoms with Gasteiger partial charge in [0.05, 0.1) is 6.26 Å². The Kier molecular flexibility index (Phi) is 2.42. The third kappa shape index (κ3) is 2.47. The lowest BCUT2D eigenvalue weighted by molar-refractivity contribution is 0.461. The molecule has 0 radical (unpaired) electrons. The number of benzene rings is 1. The van der Waals surface area contributed by atoms with Crippen LogP contribution in [-0.4, -0.2) is 20.8 Å². The summed E-state index contributed by atoms with van der Waals surface area (Å²) < 4.78 is 39.6. The largest absolute Gasteiger partial charge is 0.382 e. The average Bonchev–Trinajstić information content (AvgIpc) is 2.80. The topological polar surface area (TPSA) is 43.4 Å². The van der Waals surface area contributed by atoms with E-state index in [1.807, 2.05) is 0 Å². The van der Waals surface area contributed by atoms with E-state index in [-0.39, 0.29) is 11.7 Å². The SMILES string of the molecule is CS(=O)(=O)Oc1ccccc1C1CC1F. The zero-order valence-electron chi connectivity index (χ0n) is 8.18. The standard InChI is InChI=1S/C10H11FO3S/c1-15(12,13)14-10-5-3-2-4-7(10)8-6-9(8)11/h2-5,8-9H,6H2,1H3. The number of hydrogen-bond acceptors (Lipinski definition) is 3. The lowest BCUT2D eigenvalue weighted by atomic mass is 10.1. The lowest BCUT2D eigenvalue weighted by Crippen LogP contribution is -2.07. The molecule has 1 aliphatic rings. The Morgan fingerprint density at radius 1 is 1.40 bits per heavy atom. The minimum absolute atomic E-state index is 0.206. The zero-order valence-corrected chi connectivity index (χ0v) is 9.00. The highest BCUT2D eigenvalue weighted by atomic mass is 32.2. The van der Waals surface area contributed by atoms with Crippen LogP contribution < -0.4 is 4.18 Å². The minimum Gasteiger partial charge on any atom is -0.382 e. The number of rotatable bonds is 3. The van der Waals surface area contributed by atoms with Gasteiger partial charge < -0.3 is 4.18 Å². The van der Waals surface area contributed by atoms with Gasteiger partial charge in [-0.05, 0) is 12.5 Å². The van der Waals surface area contributed by atoms with Crippen LogP contribution in [0, 0.1) is 0 Å². The van der Waals surface area contributed by atoms with Crippen molar-refractivity contribution in [2.75, 3.05) is 6.26 Å². The molecule has 0 saturated heterocycles. The van der Waals surface area contributed by atoms with Gasteiger partial charge in [0, 0.05) is 11.5 Å². The van der Waals surface area contributed by atoms with Crippen LogP contribution >= 0.6 is 0 Å². The van der Waals surface area contributed by atoms with Crippen molar-refractivity contribution in [3.05, 3.63) is 29.8 Å². The van der Waals surface area contributed by atoms with Gasteiger partial charge in [-0.2, -0.15) is 8.42 Å². The number of hydrogen-bond donors (Lipinski definition) is 0. The molecule has 1 aliphatic carbocycles. The van der Waals surface area contributed by atoms with Crippen LogP contribution in [0.4, 0.5) is 4.39 Å². The predicted molar refractivity (Wildman–Crippen MR) is 54.2 cm³/mol. The number of para-hydroxylation sites is 1. The summed E-state index contributed by atoms with van der Waals surface area (Å²) >= 11 is 0. The first-order valence-electron chi connectivity index (χ1n) is 4.60. The second-order valence-corrected chi connectivity index (χ2v) is 5.26. The van der Waals surface area contributed by atoms with E-state index < -0.39 is 16.3 Å². The van der Waals surface area contributed by atoms with Crippen LogP contribution in [0.1, 0.15) is 17.9 Å². The van der Waals surface area contributed by atoms with Crippen LogP contribution in [0.25, 0.3) is 0 Å². The maximum Gasteiger partial charge on any atom is 0.306 e. The fourth-order valence-electron chi connectivity index (χ4n) is 1.51. The first-order valence-corrected chi connectivity index (χ1v) is 6.41. The van der Waals surface area contributed by atoms with Crippen molar-refractivity contribution >= 4 is 10.1 Å². The van der Waals surface area contributed by atoms with Gasteiger partial charge in [0.15, 0.2) is 0 Å². The third-order valence-corrected chi connectivity index (χ3v) is 2.75. The molecule has 0 bridgehead atoms. The van der Waals surface area contributed by atoms with Crippen molar-refractivity contribution < 1.29 is 17.0 Å². The Labute approximate surface area is 88.0 Å². The second-order valence-electron chi connectivity index (χ2n) is 3.68. The number of halogens is 1. The van der Waals surface area contributed by atoms with Gasteiger partial charge in [-0.25, -0.2) is 4.39 Å². The maximum atomic E-state index is 12.9. The summed E-state index contributed by atoms with van der Waals surface area (Å²) in [6.07, 6.45) is 0.558. The van der Waals surface area contributed by atoms with Crippen molar-refractivity contribution in [1.29, 1.82) is 0 Å². The number of alkyl halides is 1. The molecule has 0 aliphatic heterocycles. The van der Waals surface area contributed by atoms with Crippen LogP contribution in [0.15, 0.2) is 24.3 Å². The van der Waals surface area contributed by atoms with Gasteiger partial charge in [0.1, 0.15) is 11.9 Å². The van der Waals surface area contributed by atoms with Crippen molar-refractivity contribution in [2.24, 2.45) is 0 Å². The summed E-state index contributed by atoms with van der Waals surface area (Å²) in [5, 5.41) is 0. The third-order valence-electron chi connectivity index (χ3n) is 2.27. The Morgan fingerprint density at radius 3 is 2.53 bits per heavy atom. The molecule has 0 spiro atoms. The molecule has 5 heteroatoms. The molecule has 1 saturated carbocycles. The highest BCUT2D eigenvalue weighted by Gasteiger charge is 2.40. The van der Waals surface area contributed by atoms with E-state index in [1.165, 1.54) is 0 Å². The lowest BCUT2D eigenvalue weighted by Gasteiger charge is -2.07. The minimum atomic E-state index is -3.55. The Balaban J connectivity index is 2.30. The molecule has 0 aromatic heterocycles. The van der Waals surface area contributed by atoms with Crippen LogP contribution in [-0.2, 0) is 10.1 Å². The monoisotopic (exact) mass is 230 g/mol. The second kappa shape index (κ2) is 3.48. The molecule has 0 amide bonds. The summed E-state index contributed by atoms with van der Waals surface area (Å²) in [5.41, 5.74) is 0.635. The molecule has 2 atom stereocenters. The normalized spacial score (nSPS) is 24.9. The van der Waals surface area contributed by atoms with Gasteiger partial charge in [-0.15, -0.1) is 0 Å². The van der Waals surface area contributed by atoms with Crippen LogP contribution in [0.3, 0.4) is 0 Å². The molecule has 82 valence electrons. The van der Waals surface area contributed by atoms with E-state index in [1.54, 1.807) is 24.3 Å². The van der Waals surface area contributed by atoms with Crippen molar-refractivity contribution in [3.63, 3.8) is 0 Å². The Bertz CT molecular complexity index is 469. The molecule has 1 fully saturated rings. The summed E-state index contributed by atoms with van der Waals surface area (Å²) in [6, 6.07) is 6.65. The zero-order chi connectivity index (χ0) is 11.1.